The van der Waals surface area contributed by atoms with Gasteiger partial charge in [-0.1, -0.05) is 20.8 Å². The molecule has 0 aromatic heterocycles. The Balaban J connectivity index is 2.59. The Kier molecular flexibility index (Phi) is 4.39. The molecule has 2 nitrogen and oxygen atoms in total. The van der Waals surface area contributed by atoms with Crippen LogP contribution in [0.15, 0.2) is 0 Å². The van der Waals surface area contributed by atoms with Crippen molar-refractivity contribution >= 4 is 0 Å². The molecule has 0 radical (unpaired) electrons. The molecule has 0 amide bonds. The molecule has 0 aromatic carbocycles. The minimum Gasteiger partial charge on any atom is -0.308 e. The maximum absolute atomic E-state index is 3.73. The van der Waals surface area contributed by atoms with E-state index in [4.69, 9.17) is 0 Å². The molecule has 1 aliphatic rings. The zero-order chi connectivity index (χ0) is 10.6. The van der Waals surface area contributed by atoms with Crippen LogP contribution in [0.25, 0.3) is 0 Å². The van der Waals surface area contributed by atoms with E-state index >= 15 is 0 Å². The lowest BCUT2D eigenvalue weighted by atomic mass is 9.89. The van der Waals surface area contributed by atoms with Crippen LogP contribution in [-0.2, 0) is 0 Å². The number of hydrogen-bond acceptors (Lipinski definition) is 2. The van der Waals surface area contributed by atoms with E-state index in [1.165, 1.54) is 32.4 Å². The molecule has 0 aromatic rings. The fourth-order valence-corrected chi connectivity index (χ4v) is 2.40. The van der Waals surface area contributed by atoms with Crippen LogP contribution < -0.4 is 5.32 Å². The Morgan fingerprint density at radius 3 is 2.43 bits per heavy atom. The Bertz CT molecular complexity index is 164. The summed E-state index contributed by atoms with van der Waals surface area (Å²) >= 11 is 0. The molecule has 1 atom stereocenters. The number of nitrogens with one attached hydrogen (secondary N) is 1. The van der Waals surface area contributed by atoms with Crippen LogP contribution in [0.5, 0.6) is 0 Å². The normalized spacial score (nSPS) is 27.9. The van der Waals surface area contributed by atoms with Gasteiger partial charge in [0, 0.05) is 24.7 Å². The highest BCUT2D eigenvalue weighted by molar-refractivity contribution is 4.95. The first-order valence-corrected chi connectivity index (χ1v) is 6.16. The van der Waals surface area contributed by atoms with E-state index in [0.717, 1.165) is 6.54 Å². The molecule has 14 heavy (non-hydrogen) atoms. The third-order valence-electron chi connectivity index (χ3n) is 3.77. The van der Waals surface area contributed by atoms with Crippen molar-refractivity contribution in [3.05, 3.63) is 0 Å². The van der Waals surface area contributed by atoms with Crippen molar-refractivity contribution in [2.24, 2.45) is 0 Å². The zero-order valence-electron chi connectivity index (χ0n) is 10.3. The Morgan fingerprint density at radius 2 is 1.93 bits per heavy atom. The van der Waals surface area contributed by atoms with Gasteiger partial charge in [-0.15, -0.1) is 0 Å². The van der Waals surface area contributed by atoms with E-state index in [0.29, 0.717) is 11.6 Å². The molecule has 84 valence electrons. The SMILES string of the molecule is CCCN1CC(CC)(CC)NCC1C. The summed E-state index contributed by atoms with van der Waals surface area (Å²) in [5, 5.41) is 3.73. The summed E-state index contributed by atoms with van der Waals surface area (Å²) in [6.07, 6.45) is 3.76. The molecule has 1 aliphatic heterocycles. The van der Waals surface area contributed by atoms with E-state index in [2.05, 4.69) is 37.9 Å². The number of nitrogens with zero attached hydrogens (tertiary/aromatic N) is 1. The van der Waals surface area contributed by atoms with Crippen LogP contribution in [0.2, 0.25) is 0 Å². The molecule has 1 rings (SSSR count). The van der Waals surface area contributed by atoms with Gasteiger partial charge in [0.05, 0.1) is 0 Å². The maximum atomic E-state index is 3.73. The average Bonchev–Trinajstić information content (AvgIpc) is 2.22. The fourth-order valence-electron chi connectivity index (χ4n) is 2.40. The molecule has 0 spiro atoms. The van der Waals surface area contributed by atoms with Gasteiger partial charge in [0.15, 0.2) is 0 Å². The molecule has 0 bridgehead atoms. The van der Waals surface area contributed by atoms with Crippen molar-refractivity contribution < 1.29 is 0 Å². The summed E-state index contributed by atoms with van der Waals surface area (Å²) in [7, 11) is 0. The maximum Gasteiger partial charge on any atom is 0.0304 e. The summed E-state index contributed by atoms with van der Waals surface area (Å²) in [6.45, 7) is 12.8. The van der Waals surface area contributed by atoms with Gasteiger partial charge in [-0.25, -0.2) is 0 Å². The minimum atomic E-state index is 0.391. The first kappa shape index (κ1) is 12.0. The van der Waals surface area contributed by atoms with Crippen LogP contribution in [0, 0.1) is 0 Å². The summed E-state index contributed by atoms with van der Waals surface area (Å²) in [5.74, 6) is 0. The van der Waals surface area contributed by atoms with E-state index < -0.39 is 0 Å². The highest BCUT2D eigenvalue weighted by Crippen LogP contribution is 2.22. The summed E-state index contributed by atoms with van der Waals surface area (Å²) in [6, 6.07) is 0.709. The number of piperazine rings is 1. The summed E-state index contributed by atoms with van der Waals surface area (Å²) in [5.41, 5.74) is 0.391. The highest BCUT2D eigenvalue weighted by Gasteiger charge is 2.34. The van der Waals surface area contributed by atoms with Crippen LogP contribution >= 0.6 is 0 Å². The molecule has 2 heteroatoms. The van der Waals surface area contributed by atoms with Gasteiger partial charge < -0.3 is 5.32 Å². The topological polar surface area (TPSA) is 15.3 Å². The smallest absolute Gasteiger partial charge is 0.0304 e. The molecule has 0 saturated carbocycles. The lowest BCUT2D eigenvalue weighted by Gasteiger charge is -2.46. The Morgan fingerprint density at radius 1 is 1.29 bits per heavy atom. The van der Waals surface area contributed by atoms with Gasteiger partial charge in [-0.05, 0) is 32.7 Å². The largest absolute Gasteiger partial charge is 0.308 e. The third kappa shape index (κ3) is 2.48. The van der Waals surface area contributed by atoms with E-state index in [1.54, 1.807) is 0 Å². The second-order valence-electron chi connectivity index (χ2n) is 4.69. The lowest BCUT2D eigenvalue weighted by Crippen LogP contribution is -2.63. The fraction of sp³-hybridized carbons (Fsp3) is 1.00. The molecular weight excluding hydrogens is 172 g/mol. The molecule has 1 heterocycles. The van der Waals surface area contributed by atoms with Gasteiger partial charge in [0.2, 0.25) is 0 Å². The first-order valence-electron chi connectivity index (χ1n) is 6.16. The molecule has 1 unspecified atom stereocenters. The van der Waals surface area contributed by atoms with Crippen LogP contribution in [0.4, 0.5) is 0 Å². The van der Waals surface area contributed by atoms with E-state index in [1.807, 2.05) is 0 Å². The minimum absolute atomic E-state index is 0.391. The quantitative estimate of drug-likeness (QED) is 0.745. The van der Waals surface area contributed by atoms with Crippen molar-refractivity contribution in [2.45, 2.75) is 58.5 Å². The van der Waals surface area contributed by atoms with Crippen LogP contribution in [0.3, 0.4) is 0 Å². The highest BCUT2D eigenvalue weighted by atomic mass is 15.2. The Hall–Kier alpha value is -0.0800. The number of hydrogen-bond donors (Lipinski definition) is 1. The zero-order valence-corrected chi connectivity index (χ0v) is 10.3. The van der Waals surface area contributed by atoms with E-state index in [9.17, 15) is 0 Å². The monoisotopic (exact) mass is 198 g/mol. The van der Waals surface area contributed by atoms with Crippen molar-refractivity contribution in [1.29, 1.82) is 0 Å². The standard InChI is InChI=1S/C12H26N2/c1-5-8-14-10-12(6-2,7-3)13-9-11(14)4/h11,13H,5-10H2,1-4H3. The predicted molar refractivity (Wildman–Crippen MR) is 62.6 cm³/mol. The van der Waals surface area contributed by atoms with Crippen molar-refractivity contribution in [3.8, 4) is 0 Å². The lowest BCUT2D eigenvalue weighted by molar-refractivity contribution is 0.0810. The molecule has 1 N–H and O–H groups in total. The second kappa shape index (κ2) is 5.13. The van der Waals surface area contributed by atoms with Crippen LogP contribution in [-0.4, -0.2) is 36.1 Å². The predicted octanol–water partition coefficient (Wildman–Crippen LogP) is 2.25. The van der Waals surface area contributed by atoms with Crippen molar-refractivity contribution in [3.63, 3.8) is 0 Å². The van der Waals surface area contributed by atoms with Crippen molar-refractivity contribution in [1.82, 2.24) is 10.2 Å². The summed E-state index contributed by atoms with van der Waals surface area (Å²) in [4.78, 5) is 2.64. The molecule has 1 saturated heterocycles. The van der Waals surface area contributed by atoms with E-state index in [-0.39, 0.29) is 0 Å². The Labute approximate surface area is 89.1 Å². The summed E-state index contributed by atoms with van der Waals surface area (Å²) < 4.78 is 0. The average molecular weight is 198 g/mol. The van der Waals surface area contributed by atoms with Crippen molar-refractivity contribution in [2.75, 3.05) is 19.6 Å². The molecular formula is C12H26N2. The van der Waals surface area contributed by atoms with Gasteiger partial charge >= 0.3 is 0 Å². The van der Waals surface area contributed by atoms with Gasteiger partial charge in [0.1, 0.15) is 0 Å². The number of rotatable bonds is 4. The van der Waals surface area contributed by atoms with Gasteiger partial charge in [-0.3, -0.25) is 4.90 Å². The van der Waals surface area contributed by atoms with Crippen LogP contribution in [0.1, 0.15) is 47.0 Å². The molecule has 1 fully saturated rings. The second-order valence-corrected chi connectivity index (χ2v) is 4.69. The molecule has 0 aliphatic carbocycles. The van der Waals surface area contributed by atoms with Gasteiger partial charge in [0.25, 0.3) is 0 Å². The first-order chi connectivity index (χ1) is 6.67. The third-order valence-corrected chi connectivity index (χ3v) is 3.77. The van der Waals surface area contributed by atoms with Gasteiger partial charge in [-0.2, -0.15) is 0 Å².